The molecule has 3 aliphatic carbocycles. The van der Waals surface area contributed by atoms with Crippen molar-refractivity contribution in [3.8, 4) is 5.75 Å². The first kappa shape index (κ1) is 23.5. The largest absolute Gasteiger partial charge is 0.508 e. The van der Waals surface area contributed by atoms with Crippen LogP contribution in [-0.4, -0.2) is 104 Å². The number of ether oxygens (including phenoxy) is 5. The molecule has 0 unspecified atom stereocenters. The second-order valence-corrected chi connectivity index (χ2v) is 10.4. The topological polar surface area (TPSA) is 185 Å². The molecule has 8 rings (SSSR count). The number of hydrogen-bond acceptors (Lipinski definition) is 12. The number of benzene rings is 1. The molecule has 4 heterocycles. The van der Waals surface area contributed by atoms with Gasteiger partial charge in [-0.2, -0.15) is 0 Å². The van der Waals surface area contributed by atoms with E-state index in [4.69, 9.17) is 23.7 Å². The fourth-order valence-corrected chi connectivity index (χ4v) is 6.90. The third-order valence-electron chi connectivity index (χ3n) is 8.66. The lowest BCUT2D eigenvalue weighted by Gasteiger charge is -2.67. The minimum absolute atomic E-state index is 0.00282. The molecule has 7 fully saturated rings. The highest BCUT2D eigenvalue weighted by molar-refractivity contribution is 5.89. The molecular formula is C23H28O12. The van der Waals surface area contributed by atoms with E-state index >= 15 is 0 Å². The average Bonchev–Trinajstić information content (AvgIpc) is 3.00. The van der Waals surface area contributed by atoms with Crippen LogP contribution in [0.5, 0.6) is 5.75 Å². The molecule has 12 heteroatoms. The lowest BCUT2D eigenvalue weighted by Crippen LogP contribution is -2.80. The number of carbonyl (C=O) groups is 1. The van der Waals surface area contributed by atoms with Gasteiger partial charge < -0.3 is 54.3 Å². The van der Waals surface area contributed by atoms with Crippen molar-refractivity contribution in [1.29, 1.82) is 0 Å². The summed E-state index contributed by atoms with van der Waals surface area (Å²) in [5.41, 5.74) is -3.27. The van der Waals surface area contributed by atoms with E-state index in [1.165, 1.54) is 24.3 Å². The summed E-state index contributed by atoms with van der Waals surface area (Å²) in [6.07, 6.45) is -8.10. The zero-order valence-electron chi connectivity index (χ0n) is 18.8. The van der Waals surface area contributed by atoms with Crippen molar-refractivity contribution in [2.24, 2.45) is 11.3 Å². The van der Waals surface area contributed by atoms with E-state index in [1.807, 2.05) is 0 Å². The molecule has 4 aliphatic heterocycles. The van der Waals surface area contributed by atoms with Crippen molar-refractivity contribution >= 4 is 5.97 Å². The second kappa shape index (κ2) is 7.34. The zero-order valence-corrected chi connectivity index (χ0v) is 18.8. The molecule has 35 heavy (non-hydrogen) atoms. The van der Waals surface area contributed by atoms with Gasteiger partial charge in [0.1, 0.15) is 48.0 Å². The Hall–Kier alpha value is -1.87. The molecule has 6 N–H and O–H groups in total. The minimum Gasteiger partial charge on any atom is -0.508 e. The van der Waals surface area contributed by atoms with Gasteiger partial charge in [0.15, 0.2) is 18.4 Å². The van der Waals surface area contributed by atoms with Crippen LogP contribution in [0.25, 0.3) is 0 Å². The third kappa shape index (κ3) is 2.80. The second-order valence-electron chi connectivity index (χ2n) is 10.4. The Morgan fingerprint density at radius 3 is 2.51 bits per heavy atom. The van der Waals surface area contributed by atoms with Gasteiger partial charge in [-0.15, -0.1) is 0 Å². The number of rotatable bonds is 6. The van der Waals surface area contributed by atoms with Crippen LogP contribution < -0.4 is 0 Å². The van der Waals surface area contributed by atoms with Crippen molar-refractivity contribution in [2.75, 3.05) is 13.2 Å². The summed E-state index contributed by atoms with van der Waals surface area (Å²) in [6.45, 7) is 0.878. The highest BCUT2D eigenvalue weighted by atomic mass is 16.8. The highest BCUT2D eigenvalue weighted by Crippen LogP contribution is 2.81. The SMILES string of the molecule is C[C@@]12C[C@@]3(O)O[C@@H](O1)[C@]1(COC(=O)c4ccc(O)cc4)[C@H]3C[C@@]12O[C@@H]1O[C@@H](CO)[C@@H](O)[C@H](O)[C@@H]1O. The van der Waals surface area contributed by atoms with Crippen molar-refractivity contribution in [3.63, 3.8) is 0 Å². The molecule has 1 aromatic rings. The standard InChI is InChI=1S/C23H28O12/c1-20-8-22(30)13-6-23(20,33-18-16(28)15(27)14(26)12(7-24)32-18)21(13,19(34-20)35-22)9-31-17(29)10-2-4-11(25)5-3-10/h2-5,12-16,18-19,24-28,30H,6-9H2,1H3/t12-,13+,14+,15-,16-,18-,19+,20-,21-,22+,23-/m0/s1. The first-order chi connectivity index (χ1) is 16.5. The molecule has 6 bridgehead atoms. The van der Waals surface area contributed by atoms with Gasteiger partial charge in [0, 0.05) is 12.3 Å². The first-order valence-electron chi connectivity index (χ1n) is 11.5. The molecule has 0 amide bonds. The predicted molar refractivity (Wildman–Crippen MR) is 110 cm³/mol. The molecule has 192 valence electrons. The maximum atomic E-state index is 12.7. The summed E-state index contributed by atoms with van der Waals surface area (Å²) in [7, 11) is 0. The smallest absolute Gasteiger partial charge is 0.338 e. The molecule has 0 spiro atoms. The van der Waals surface area contributed by atoms with Crippen molar-refractivity contribution in [3.05, 3.63) is 29.8 Å². The summed E-state index contributed by atoms with van der Waals surface area (Å²) in [6, 6.07) is 5.54. The van der Waals surface area contributed by atoms with Crippen LogP contribution >= 0.6 is 0 Å². The Bertz CT molecular complexity index is 1030. The summed E-state index contributed by atoms with van der Waals surface area (Å²) in [4.78, 5) is 12.7. The lowest BCUT2D eigenvalue weighted by molar-refractivity contribution is -0.424. The number of phenols is 1. The van der Waals surface area contributed by atoms with Gasteiger partial charge in [-0.05, 0) is 37.6 Å². The van der Waals surface area contributed by atoms with E-state index in [-0.39, 0.29) is 30.8 Å². The predicted octanol–water partition coefficient (Wildman–Crippen LogP) is -1.65. The van der Waals surface area contributed by atoms with Crippen LogP contribution in [0.2, 0.25) is 0 Å². The fraction of sp³-hybridized carbons (Fsp3) is 0.696. The molecule has 11 atom stereocenters. The van der Waals surface area contributed by atoms with Crippen LogP contribution in [-0.2, 0) is 23.7 Å². The number of carbonyl (C=O) groups excluding carboxylic acids is 1. The Balaban J connectivity index is 1.31. The zero-order chi connectivity index (χ0) is 25.0. The number of aliphatic hydroxyl groups is 5. The van der Waals surface area contributed by atoms with Gasteiger partial charge in [0.2, 0.25) is 0 Å². The van der Waals surface area contributed by atoms with Gasteiger partial charge in [0.25, 0.3) is 0 Å². The highest BCUT2D eigenvalue weighted by Gasteiger charge is 2.94. The van der Waals surface area contributed by atoms with E-state index in [0.29, 0.717) is 0 Å². The third-order valence-corrected chi connectivity index (χ3v) is 8.66. The van der Waals surface area contributed by atoms with Gasteiger partial charge >= 0.3 is 5.97 Å². The van der Waals surface area contributed by atoms with Crippen LogP contribution in [0.15, 0.2) is 24.3 Å². The van der Waals surface area contributed by atoms with E-state index in [1.54, 1.807) is 6.92 Å². The van der Waals surface area contributed by atoms with Crippen molar-refractivity contribution < 1.29 is 59.1 Å². The molecule has 12 nitrogen and oxygen atoms in total. The van der Waals surface area contributed by atoms with Gasteiger partial charge in [-0.1, -0.05) is 0 Å². The maximum absolute atomic E-state index is 12.7. The van der Waals surface area contributed by atoms with E-state index < -0.39 is 77.9 Å². The fourth-order valence-electron chi connectivity index (χ4n) is 6.90. The molecule has 4 saturated heterocycles. The van der Waals surface area contributed by atoms with Crippen LogP contribution in [0.4, 0.5) is 0 Å². The average molecular weight is 496 g/mol. The number of esters is 1. The van der Waals surface area contributed by atoms with E-state index in [0.717, 1.165) is 0 Å². The number of hydrogen-bond donors (Lipinski definition) is 6. The monoisotopic (exact) mass is 496 g/mol. The Morgan fingerprint density at radius 2 is 1.83 bits per heavy atom. The molecule has 7 aliphatic rings. The summed E-state index contributed by atoms with van der Waals surface area (Å²) in [5.74, 6) is -2.68. The lowest BCUT2D eigenvalue weighted by atomic mass is 9.41. The molecule has 0 aromatic heterocycles. The van der Waals surface area contributed by atoms with Crippen molar-refractivity contribution in [1.82, 2.24) is 0 Å². The van der Waals surface area contributed by atoms with Gasteiger partial charge in [-0.25, -0.2) is 4.79 Å². The summed E-state index contributed by atoms with van der Waals surface area (Å²) < 4.78 is 29.6. The van der Waals surface area contributed by atoms with Crippen LogP contribution in [0.3, 0.4) is 0 Å². The Labute approximate surface area is 199 Å². The first-order valence-corrected chi connectivity index (χ1v) is 11.5. The quantitative estimate of drug-likeness (QED) is 0.247. The molecular weight excluding hydrogens is 468 g/mol. The molecule has 1 aromatic carbocycles. The summed E-state index contributed by atoms with van der Waals surface area (Å²) >= 11 is 0. The number of aromatic hydroxyl groups is 1. The number of aliphatic hydroxyl groups excluding tert-OH is 4. The maximum Gasteiger partial charge on any atom is 0.338 e. The Morgan fingerprint density at radius 1 is 1.11 bits per heavy atom. The number of phenolic OH excluding ortho intramolecular Hbond substituents is 1. The van der Waals surface area contributed by atoms with E-state index in [2.05, 4.69) is 0 Å². The van der Waals surface area contributed by atoms with Crippen LogP contribution in [0, 0.1) is 11.3 Å². The normalized spacial score (nSPS) is 51.3. The van der Waals surface area contributed by atoms with Crippen LogP contribution in [0.1, 0.15) is 30.1 Å². The van der Waals surface area contributed by atoms with Gasteiger partial charge in [-0.3, -0.25) is 0 Å². The molecule has 0 radical (unpaired) electrons. The minimum atomic E-state index is -1.64. The summed E-state index contributed by atoms with van der Waals surface area (Å²) in [5, 5.41) is 61.2. The van der Waals surface area contributed by atoms with Gasteiger partial charge in [0.05, 0.1) is 17.6 Å². The van der Waals surface area contributed by atoms with E-state index in [9.17, 15) is 35.4 Å². The molecule has 3 saturated carbocycles. The van der Waals surface area contributed by atoms with Crippen molar-refractivity contribution in [2.45, 2.75) is 73.8 Å². The Kier molecular flexibility index (Phi) is 4.93.